The van der Waals surface area contributed by atoms with E-state index in [9.17, 15) is 5.11 Å². The molecule has 0 aliphatic heterocycles. The van der Waals surface area contributed by atoms with Crippen molar-refractivity contribution >= 4 is 11.6 Å². The molecule has 4 heteroatoms. The molecule has 0 bridgehead atoms. The lowest BCUT2D eigenvalue weighted by Crippen LogP contribution is -2.10. The van der Waals surface area contributed by atoms with Crippen LogP contribution >= 0.6 is 11.6 Å². The Kier molecular flexibility index (Phi) is 3.73. The summed E-state index contributed by atoms with van der Waals surface area (Å²) in [5.41, 5.74) is 2.57. The molecule has 1 N–H and O–H groups in total. The third-order valence-corrected chi connectivity index (χ3v) is 3.45. The largest absolute Gasteiger partial charge is 0.382 e. The van der Waals surface area contributed by atoms with E-state index in [1.807, 2.05) is 23.6 Å². The number of imidazole rings is 1. The molecule has 0 saturated heterocycles. The van der Waals surface area contributed by atoms with Crippen LogP contribution < -0.4 is 0 Å². The van der Waals surface area contributed by atoms with Crippen LogP contribution in [0.2, 0.25) is 5.02 Å². The molecule has 0 aliphatic rings. The fraction of sp³-hybridized carbons (Fsp3) is 0.357. The van der Waals surface area contributed by atoms with Crippen molar-refractivity contribution in [2.45, 2.75) is 32.9 Å². The van der Waals surface area contributed by atoms with Gasteiger partial charge in [-0.05, 0) is 38.0 Å². The minimum Gasteiger partial charge on any atom is -0.382 e. The van der Waals surface area contributed by atoms with E-state index in [4.69, 9.17) is 11.6 Å². The molecule has 1 unspecified atom stereocenters. The fourth-order valence-corrected chi connectivity index (χ4v) is 2.10. The molecule has 1 atom stereocenters. The SMILES string of the molecule is Cc1ccc(C(O)c2cncn2C(C)C)cc1Cl. The average Bonchev–Trinajstić information content (AvgIpc) is 2.81. The summed E-state index contributed by atoms with van der Waals surface area (Å²) in [4.78, 5) is 4.10. The molecule has 1 aromatic heterocycles. The lowest BCUT2D eigenvalue weighted by molar-refractivity contribution is 0.208. The molecule has 3 nitrogen and oxygen atoms in total. The summed E-state index contributed by atoms with van der Waals surface area (Å²) in [7, 11) is 0. The molecule has 1 aromatic carbocycles. The fourth-order valence-electron chi connectivity index (χ4n) is 1.91. The summed E-state index contributed by atoms with van der Waals surface area (Å²) in [6, 6.07) is 5.87. The minimum absolute atomic E-state index is 0.262. The monoisotopic (exact) mass is 264 g/mol. The van der Waals surface area contributed by atoms with Crippen molar-refractivity contribution in [2.24, 2.45) is 0 Å². The number of hydrogen-bond acceptors (Lipinski definition) is 2. The zero-order valence-corrected chi connectivity index (χ0v) is 11.5. The molecular formula is C14H17ClN2O. The lowest BCUT2D eigenvalue weighted by atomic mass is 10.0. The molecule has 1 heterocycles. The van der Waals surface area contributed by atoms with Gasteiger partial charge in [-0.15, -0.1) is 0 Å². The predicted molar refractivity (Wildman–Crippen MR) is 72.9 cm³/mol. The molecule has 0 fully saturated rings. The van der Waals surface area contributed by atoms with Crippen LogP contribution in [-0.2, 0) is 0 Å². The van der Waals surface area contributed by atoms with Gasteiger partial charge in [-0.3, -0.25) is 0 Å². The highest BCUT2D eigenvalue weighted by molar-refractivity contribution is 6.31. The second kappa shape index (κ2) is 5.12. The maximum Gasteiger partial charge on any atom is 0.121 e. The lowest BCUT2D eigenvalue weighted by Gasteiger charge is -2.17. The van der Waals surface area contributed by atoms with Crippen LogP contribution in [0.15, 0.2) is 30.7 Å². The first-order valence-electron chi connectivity index (χ1n) is 5.96. The average molecular weight is 265 g/mol. The quantitative estimate of drug-likeness (QED) is 0.921. The van der Waals surface area contributed by atoms with Crippen molar-refractivity contribution in [3.05, 3.63) is 52.6 Å². The van der Waals surface area contributed by atoms with Gasteiger partial charge >= 0.3 is 0 Å². The highest BCUT2D eigenvalue weighted by Gasteiger charge is 2.17. The Labute approximate surface area is 112 Å². The van der Waals surface area contributed by atoms with Gasteiger partial charge in [0.1, 0.15) is 6.10 Å². The third-order valence-electron chi connectivity index (χ3n) is 3.04. The highest BCUT2D eigenvalue weighted by Crippen LogP contribution is 2.27. The van der Waals surface area contributed by atoms with Crippen LogP contribution in [0.4, 0.5) is 0 Å². The predicted octanol–water partition coefficient (Wildman–Crippen LogP) is 3.51. The second-order valence-corrected chi connectivity index (χ2v) is 5.14. The van der Waals surface area contributed by atoms with E-state index in [0.29, 0.717) is 5.02 Å². The van der Waals surface area contributed by atoms with Crippen LogP contribution in [0.3, 0.4) is 0 Å². The Morgan fingerprint density at radius 3 is 2.67 bits per heavy atom. The van der Waals surface area contributed by atoms with Gasteiger partial charge in [0, 0.05) is 11.1 Å². The first kappa shape index (κ1) is 13.1. The van der Waals surface area contributed by atoms with Crippen molar-refractivity contribution < 1.29 is 5.11 Å². The Morgan fingerprint density at radius 2 is 2.06 bits per heavy atom. The summed E-state index contributed by atoms with van der Waals surface area (Å²) in [6.45, 7) is 6.05. The maximum absolute atomic E-state index is 10.4. The molecule has 0 spiro atoms. The van der Waals surface area contributed by atoms with Crippen LogP contribution in [0.1, 0.15) is 42.8 Å². The van der Waals surface area contributed by atoms with Crippen molar-refractivity contribution in [1.29, 1.82) is 0 Å². The van der Waals surface area contributed by atoms with E-state index in [2.05, 4.69) is 18.8 Å². The standard InChI is InChI=1S/C14H17ClN2O/c1-9(2)17-8-16-7-13(17)14(18)11-5-4-10(3)12(15)6-11/h4-9,14,18H,1-3H3. The van der Waals surface area contributed by atoms with E-state index in [1.165, 1.54) is 0 Å². The number of aryl methyl sites for hydroxylation is 1. The van der Waals surface area contributed by atoms with Crippen LogP contribution in [-0.4, -0.2) is 14.7 Å². The molecular weight excluding hydrogens is 248 g/mol. The molecule has 96 valence electrons. The first-order valence-corrected chi connectivity index (χ1v) is 6.34. The highest BCUT2D eigenvalue weighted by atomic mass is 35.5. The van der Waals surface area contributed by atoms with E-state index in [-0.39, 0.29) is 6.04 Å². The normalized spacial score (nSPS) is 13.0. The molecule has 2 rings (SSSR count). The second-order valence-electron chi connectivity index (χ2n) is 4.73. The van der Waals surface area contributed by atoms with Crippen molar-refractivity contribution in [3.63, 3.8) is 0 Å². The van der Waals surface area contributed by atoms with E-state index < -0.39 is 6.10 Å². The molecule has 18 heavy (non-hydrogen) atoms. The number of nitrogens with zero attached hydrogens (tertiary/aromatic N) is 2. The van der Waals surface area contributed by atoms with Gasteiger partial charge in [-0.2, -0.15) is 0 Å². The summed E-state index contributed by atoms with van der Waals surface area (Å²) in [5.74, 6) is 0. The smallest absolute Gasteiger partial charge is 0.121 e. The summed E-state index contributed by atoms with van der Waals surface area (Å²) in [5, 5.41) is 11.1. The Morgan fingerprint density at radius 1 is 1.33 bits per heavy atom. The Hall–Kier alpha value is -1.32. The number of aliphatic hydroxyl groups is 1. The van der Waals surface area contributed by atoms with Crippen LogP contribution in [0, 0.1) is 6.92 Å². The van der Waals surface area contributed by atoms with Gasteiger partial charge in [0.2, 0.25) is 0 Å². The van der Waals surface area contributed by atoms with Gasteiger partial charge < -0.3 is 9.67 Å². The zero-order valence-electron chi connectivity index (χ0n) is 10.8. The van der Waals surface area contributed by atoms with Gasteiger partial charge in [-0.25, -0.2) is 4.98 Å². The molecule has 0 radical (unpaired) electrons. The van der Waals surface area contributed by atoms with Crippen LogP contribution in [0.5, 0.6) is 0 Å². The molecule has 0 aliphatic carbocycles. The number of benzene rings is 1. The van der Waals surface area contributed by atoms with Crippen molar-refractivity contribution in [2.75, 3.05) is 0 Å². The number of aromatic nitrogens is 2. The molecule has 0 saturated carbocycles. The Balaban J connectivity index is 2.38. The van der Waals surface area contributed by atoms with Crippen molar-refractivity contribution in [1.82, 2.24) is 9.55 Å². The number of hydrogen-bond donors (Lipinski definition) is 1. The van der Waals surface area contributed by atoms with Gasteiger partial charge in [-0.1, -0.05) is 23.7 Å². The van der Waals surface area contributed by atoms with Gasteiger partial charge in [0.25, 0.3) is 0 Å². The van der Waals surface area contributed by atoms with E-state index in [1.54, 1.807) is 18.6 Å². The summed E-state index contributed by atoms with van der Waals surface area (Å²) < 4.78 is 1.96. The third kappa shape index (κ3) is 2.42. The van der Waals surface area contributed by atoms with Gasteiger partial charge in [0.05, 0.1) is 18.2 Å². The van der Waals surface area contributed by atoms with Crippen LogP contribution in [0.25, 0.3) is 0 Å². The Bertz CT molecular complexity index is 548. The van der Waals surface area contributed by atoms with Gasteiger partial charge in [0.15, 0.2) is 0 Å². The summed E-state index contributed by atoms with van der Waals surface area (Å²) in [6.07, 6.45) is 2.73. The van der Waals surface area contributed by atoms with Crippen molar-refractivity contribution in [3.8, 4) is 0 Å². The molecule has 0 amide bonds. The zero-order chi connectivity index (χ0) is 13.3. The topological polar surface area (TPSA) is 38.1 Å². The number of aliphatic hydroxyl groups excluding tert-OH is 1. The first-order chi connectivity index (χ1) is 8.50. The summed E-state index contributed by atoms with van der Waals surface area (Å²) >= 11 is 6.09. The number of halogens is 1. The van der Waals surface area contributed by atoms with E-state index in [0.717, 1.165) is 16.8 Å². The van der Waals surface area contributed by atoms with E-state index >= 15 is 0 Å². The number of rotatable bonds is 3. The molecule has 2 aromatic rings. The minimum atomic E-state index is -0.701. The maximum atomic E-state index is 10.4.